The van der Waals surface area contributed by atoms with Crippen molar-refractivity contribution < 1.29 is 18.0 Å². The van der Waals surface area contributed by atoms with E-state index in [2.05, 4.69) is 5.32 Å². The lowest BCUT2D eigenvalue weighted by molar-refractivity contribution is 0.0979. The minimum atomic E-state index is -0.954. The normalized spacial score (nSPS) is 13.9. The number of halogens is 3. The fraction of sp³-hybridized carbons (Fsp3) is 0.350. The number of fused-ring (bicyclic) bond motifs is 1. The zero-order valence-electron chi connectivity index (χ0n) is 15.3. The highest BCUT2D eigenvalue weighted by Gasteiger charge is 2.34. The van der Waals surface area contributed by atoms with E-state index in [0.717, 1.165) is 5.56 Å². The highest BCUT2D eigenvalue weighted by atomic mass is 19.1. The molecule has 3 N–H and O–H groups in total. The highest BCUT2D eigenvalue weighted by Crippen LogP contribution is 2.41. The Kier molecular flexibility index (Phi) is 5.30. The number of nitrogens with two attached hydrogens (primary N) is 1. The summed E-state index contributed by atoms with van der Waals surface area (Å²) < 4.78 is 42.8. The quantitative estimate of drug-likeness (QED) is 0.769. The third-order valence-electron chi connectivity index (χ3n) is 4.79. The predicted molar refractivity (Wildman–Crippen MR) is 101 cm³/mol. The molecule has 144 valence electrons. The molecule has 4 nitrogen and oxygen atoms in total. The summed E-state index contributed by atoms with van der Waals surface area (Å²) in [6.45, 7) is 4.34. The van der Waals surface area contributed by atoms with Crippen molar-refractivity contribution >= 4 is 22.8 Å². The molecule has 1 aliphatic rings. The Hall–Kier alpha value is -2.70. The van der Waals surface area contributed by atoms with E-state index in [4.69, 9.17) is 5.73 Å². The number of carbonyl (C=O) groups is 1. The Morgan fingerprint density at radius 3 is 2.44 bits per heavy atom. The molecule has 3 rings (SSSR count). The van der Waals surface area contributed by atoms with E-state index in [-0.39, 0.29) is 53.2 Å². The molecule has 0 saturated carbocycles. The molecule has 27 heavy (non-hydrogen) atoms. The summed E-state index contributed by atoms with van der Waals surface area (Å²) in [7, 11) is 0. The number of nitrogens with zero attached hydrogens (tertiary/aromatic N) is 1. The number of hydrogen-bond donors (Lipinski definition) is 2. The average molecular weight is 377 g/mol. The number of anilines is 3. The minimum Gasteiger partial charge on any atom is -0.396 e. The van der Waals surface area contributed by atoms with Gasteiger partial charge < -0.3 is 16.0 Å². The lowest BCUT2D eigenvalue weighted by Crippen LogP contribution is -2.39. The van der Waals surface area contributed by atoms with Crippen LogP contribution in [0, 0.1) is 17.5 Å². The summed E-state index contributed by atoms with van der Waals surface area (Å²) in [5.41, 5.74) is 6.00. The van der Waals surface area contributed by atoms with Gasteiger partial charge in [-0.15, -0.1) is 0 Å². The summed E-state index contributed by atoms with van der Waals surface area (Å²) >= 11 is 0. The van der Waals surface area contributed by atoms with Gasteiger partial charge in [-0.25, -0.2) is 13.2 Å². The molecule has 0 saturated heterocycles. The molecular weight excluding hydrogens is 355 g/mol. The van der Waals surface area contributed by atoms with Crippen LogP contribution in [0.25, 0.3) is 0 Å². The summed E-state index contributed by atoms with van der Waals surface area (Å²) in [5.74, 6) is -2.46. The zero-order chi connectivity index (χ0) is 19.7. The molecule has 0 atom stereocenters. The van der Waals surface area contributed by atoms with E-state index in [0.29, 0.717) is 13.0 Å². The van der Waals surface area contributed by atoms with Gasteiger partial charge in [-0.1, -0.05) is 12.1 Å². The third kappa shape index (κ3) is 3.59. The first kappa shape index (κ1) is 19.1. The first-order valence-electron chi connectivity index (χ1n) is 8.89. The average Bonchev–Trinajstić information content (AvgIpc) is 2.63. The molecule has 1 aliphatic heterocycles. The van der Waals surface area contributed by atoms with Gasteiger partial charge >= 0.3 is 0 Å². The molecule has 2 aromatic carbocycles. The highest BCUT2D eigenvalue weighted by molar-refractivity contribution is 6.09. The third-order valence-corrected chi connectivity index (χ3v) is 4.79. The summed E-state index contributed by atoms with van der Waals surface area (Å²) in [6, 6.07) is 5.83. The van der Waals surface area contributed by atoms with Crippen molar-refractivity contribution in [3.8, 4) is 0 Å². The van der Waals surface area contributed by atoms with Gasteiger partial charge in [0.05, 0.1) is 16.9 Å². The molecule has 0 unspecified atom stereocenters. The van der Waals surface area contributed by atoms with Crippen molar-refractivity contribution in [1.82, 2.24) is 0 Å². The number of carbonyl (C=O) groups excluding carboxylic acids is 1. The second-order valence-electron chi connectivity index (χ2n) is 6.90. The molecule has 7 heteroatoms. The minimum absolute atomic E-state index is 0.0597. The topological polar surface area (TPSA) is 58.4 Å². The molecule has 1 heterocycles. The van der Waals surface area contributed by atoms with Gasteiger partial charge in [0.1, 0.15) is 11.5 Å². The van der Waals surface area contributed by atoms with Crippen molar-refractivity contribution in [1.29, 1.82) is 0 Å². The standard InChI is InChI=1S/C20H22F3N3O/c1-11(2)26-10-8-14(27)15-18(24)16(22)19(17(23)20(15)26)25-9-7-12-3-5-13(21)6-4-12/h3-6,11,25H,7-10,24H2,1-2H3. The van der Waals surface area contributed by atoms with Gasteiger partial charge in [0.25, 0.3) is 0 Å². The molecule has 0 aromatic heterocycles. The largest absolute Gasteiger partial charge is 0.396 e. The second kappa shape index (κ2) is 7.50. The van der Waals surface area contributed by atoms with Crippen molar-refractivity contribution in [2.45, 2.75) is 32.7 Å². The molecular formula is C20H22F3N3O. The summed E-state index contributed by atoms with van der Waals surface area (Å²) in [4.78, 5) is 14.0. The summed E-state index contributed by atoms with van der Waals surface area (Å²) in [5, 5.41) is 2.75. The first-order valence-corrected chi connectivity index (χ1v) is 8.89. The number of nitrogens with one attached hydrogen (secondary N) is 1. The molecule has 0 bridgehead atoms. The smallest absolute Gasteiger partial charge is 0.173 e. The van der Waals surface area contributed by atoms with Crippen LogP contribution >= 0.6 is 0 Å². The number of nitrogen functional groups attached to an aromatic ring is 1. The van der Waals surface area contributed by atoms with Gasteiger partial charge in [0.2, 0.25) is 0 Å². The Labute approximate surface area is 156 Å². The fourth-order valence-electron chi connectivity index (χ4n) is 3.36. The van der Waals surface area contributed by atoms with Crippen molar-refractivity contribution in [2.24, 2.45) is 0 Å². The van der Waals surface area contributed by atoms with Crippen LogP contribution in [-0.4, -0.2) is 24.9 Å². The van der Waals surface area contributed by atoms with Gasteiger partial charge in [-0.05, 0) is 38.0 Å². The molecule has 0 spiro atoms. The maximum absolute atomic E-state index is 15.2. The zero-order valence-corrected chi connectivity index (χ0v) is 15.3. The van der Waals surface area contributed by atoms with Gasteiger partial charge in [-0.2, -0.15) is 0 Å². The van der Waals surface area contributed by atoms with Gasteiger partial charge in [0, 0.05) is 25.6 Å². The van der Waals surface area contributed by atoms with Crippen molar-refractivity contribution in [3.05, 3.63) is 52.8 Å². The van der Waals surface area contributed by atoms with E-state index in [1.54, 1.807) is 17.0 Å². The Morgan fingerprint density at radius 1 is 1.15 bits per heavy atom. The van der Waals surface area contributed by atoms with Crippen LogP contribution in [-0.2, 0) is 6.42 Å². The second-order valence-corrected chi connectivity index (χ2v) is 6.90. The fourth-order valence-corrected chi connectivity index (χ4v) is 3.36. The van der Waals surface area contributed by atoms with E-state index in [1.807, 2.05) is 13.8 Å². The van der Waals surface area contributed by atoms with Crippen LogP contribution in [0.1, 0.15) is 36.2 Å². The predicted octanol–water partition coefficient (Wildman–Crippen LogP) is 4.14. The number of hydrogen-bond acceptors (Lipinski definition) is 4. The van der Waals surface area contributed by atoms with E-state index in [1.165, 1.54) is 12.1 Å². The van der Waals surface area contributed by atoms with E-state index in [9.17, 15) is 13.6 Å². The van der Waals surface area contributed by atoms with Crippen LogP contribution in [0.2, 0.25) is 0 Å². The van der Waals surface area contributed by atoms with Crippen LogP contribution < -0.4 is 16.0 Å². The lowest BCUT2D eigenvalue weighted by atomic mass is 9.95. The lowest BCUT2D eigenvalue weighted by Gasteiger charge is -2.35. The maximum atomic E-state index is 15.2. The van der Waals surface area contributed by atoms with Crippen LogP contribution in [0.3, 0.4) is 0 Å². The molecule has 0 fully saturated rings. The molecule has 0 aliphatic carbocycles. The van der Waals surface area contributed by atoms with Crippen molar-refractivity contribution in [3.63, 3.8) is 0 Å². The van der Waals surface area contributed by atoms with Crippen LogP contribution in [0.5, 0.6) is 0 Å². The van der Waals surface area contributed by atoms with E-state index >= 15 is 4.39 Å². The van der Waals surface area contributed by atoms with Gasteiger partial charge in [-0.3, -0.25) is 4.79 Å². The molecule has 0 radical (unpaired) electrons. The Bertz CT molecular complexity index is 866. The van der Waals surface area contributed by atoms with Gasteiger partial charge in [0.15, 0.2) is 17.4 Å². The molecule has 2 aromatic rings. The van der Waals surface area contributed by atoms with Crippen molar-refractivity contribution in [2.75, 3.05) is 29.0 Å². The first-order chi connectivity index (χ1) is 12.8. The Balaban J connectivity index is 1.91. The number of benzene rings is 2. The summed E-state index contributed by atoms with van der Waals surface area (Å²) in [6.07, 6.45) is 0.620. The van der Waals surface area contributed by atoms with Crippen LogP contribution in [0.15, 0.2) is 24.3 Å². The SMILES string of the molecule is CC(C)N1CCC(=O)c2c(N)c(F)c(NCCc3ccc(F)cc3)c(F)c21. The molecule has 0 amide bonds. The maximum Gasteiger partial charge on any atom is 0.173 e. The number of Topliss-reactive ketones (excluding diaryl/α,β-unsaturated/α-hetero) is 1. The van der Waals surface area contributed by atoms with Crippen LogP contribution in [0.4, 0.5) is 30.2 Å². The number of rotatable bonds is 5. The van der Waals surface area contributed by atoms with E-state index < -0.39 is 11.6 Å². The number of ketones is 1. The Morgan fingerprint density at radius 2 is 1.81 bits per heavy atom. The monoisotopic (exact) mass is 377 g/mol.